The van der Waals surface area contributed by atoms with Crippen molar-refractivity contribution in [2.24, 2.45) is 0 Å². The van der Waals surface area contributed by atoms with Crippen LogP contribution in [0.2, 0.25) is 0 Å². The maximum atomic E-state index is 11.9. The lowest BCUT2D eigenvalue weighted by Gasteiger charge is -2.09. The van der Waals surface area contributed by atoms with E-state index < -0.39 is 12.7 Å². The Kier molecular flexibility index (Phi) is 5.82. The molecule has 0 radical (unpaired) electrons. The maximum Gasteiger partial charge on any atom is 0.387 e. The molecule has 6 heteroatoms. The highest BCUT2D eigenvalue weighted by Crippen LogP contribution is 2.14. The van der Waals surface area contributed by atoms with Crippen molar-refractivity contribution >= 4 is 0 Å². The first-order chi connectivity index (χ1) is 8.11. The average Bonchev–Trinajstić information content (AvgIpc) is 2.30. The number of hydrogen-bond donors (Lipinski definition) is 3. The number of nitrogens with one attached hydrogen (secondary N) is 1. The maximum absolute atomic E-state index is 11.9. The zero-order chi connectivity index (χ0) is 12.7. The van der Waals surface area contributed by atoms with Gasteiger partial charge in [0.1, 0.15) is 5.75 Å². The second-order valence-electron chi connectivity index (χ2n) is 3.49. The van der Waals surface area contributed by atoms with Gasteiger partial charge in [0.25, 0.3) is 0 Å². The van der Waals surface area contributed by atoms with E-state index in [0.29, 0.717) is 6.54 Å². The molecule has 1 aromatic rings. The first-order valence-electron chi connectivity index (χ1n) is 5.15. The van der Waals surface area contributed by atoms with E-state index >= 15 is 0 Å². The van der Waals surface area contributed by atoms with E-state index in [4.69, 9.17) is 10.2 Å². The van der Waals surface area contributed by atoms with Crippen LogP contribution in [0.25, 0.3) is 0 Å². The quantitative estimate of drug-likeness (QED) is 0.664. The van der Waals surface area contributed by atoms with Crippen LogP contribution in [0.5, 0.6) is 5.75 Å². The summed E-state index contributed by atoms with van der Waals surface area (Å²) in [5.41, 5.74) is 0.872. The lowest BCUT2D eigenvalue weighted by molar-refractivity contribution is -0.0498. The summed E-state index contributed by atoms with van der Waals surface area (Å²) in [4.78, 5) is 0. The predicted molar refractivity (Wildman–Crippen MR) is 57.9 cm³/mol. The lowest BCUT2D eigenvalue weighted by atomic mass is 10.2. The van der Waals surface area contributed by atoms with Crippen molar-refractivity contribution in [3.05, 3.63) is 29.8 Å². The van der Waals surface area contributed by atoms with Gasteiger partial charge < -0.3 is 20.3 Å². The second kappa shape index (κ2) is 7.16. The molecule has 1 rings (SSSR count). The predicted octanol–water partition coefficient (Wildman–Crippen LogP) is 0.731. The fourth-order valence-electron chi connectivity index (χ4n) is 1.24. The van der Waals surface area contributed by atoms with Crippen LogP contribution in [0.15, 0.2) is 24.3 Å². The number of aliphatic hydroxyl groups excluding tert-OH is 2. The molecule has 96 valence electrons. The van der Waals surface area contributed by atoms with E-state index in [-0.39, 0.29) is 18.9 Å². The average molecular weight is 247 g/mol. The standard InChI is InChI=1S/C11H15F2NO3/c12-11(13)17-10-3-1-8(2-4-10)5-14-6-9(16)7-15/h1-4,9,11,14-16H,5-7H2. The summed E-state index contributed by atoms with van der Waals surface area (Å²) in [7, 11) is 0. The molecule has 0 heterocycles. The fraction of sp³-hybridized carbons (Fsp3) is 0.455. The summed E-state index contributed by atoms with van der Waals surface area (Å²) in [5.74, 6) is 0.110. The molecule has 4 nitrogen and oxygen atoms in total. The van der Waals surface area contributed by atoms with Crippen LogP contribution in [0.1, 0.15) is 5.56 Å². The van der Waals surface area contributed by atoms with Crippen LogP contribution >= 0.6 is 0 Å². The highest BCUT2D eigenvalue weighted by Gasteiger charge is 2.04. The van der Waals surface area contributed by atoms with Crippen LogP contribution in [-0.2, 0) is 6.54 Å². The first-order valence-corrected chi connectivity index (χ1v) is 5.15. The molecule has 0 amide bonds. The van der Waals surface area contributed by atoms with E-state index in [1.165, 1.54) is 12.1 Å². The Labute approximate surface area is 97.8 Å². The Hall–Kier alpha value is -1.24. The normalized spacial score (nSPS) is 12.8. The molecule has 1 atom stereocenters. The lowest BCUT2D eigenvalue weighted by Crippen LogP contribution is -2.28. The van der Waals surface area contributed by atoms with Gasteiger partial charge in [-0.15, -0.1) is 0 Å². The van der Waals surface area contributed by atoms with E-state index in [2.05, 4.69) is 10.1 Å². The molecule has 17 heavy (non-hydrogen) atoms. The molecule has 0 aromatic heterocycles. The second-order valence-corrected chi connectivity index (χ2v) is 3.49. The zero-order valence-corrected chi connectivity index (χ0v) is 9.14. The van der Waals surface area contributed by atoms with Gasteiger partial charge in [-0.2, -0.15) is 8.78 Å². The molecule has 0 aliphatic rings. The first kappa shape index (κ1) is 13.8. The summed E-state index contributed by atoms with van der Waals surface area (Å²) < 4.78 is 27.9. The molecular formula is C11H15F2NO3. The monoisotopic (exact) mass is 247 g/mol. The molecule has 0 bridgehead atoms. The van der Waals surface area contributed by atoms with Gasteiger partial charge in [-0.05, 0) is 17.7 Å². The molecule has 0 aliphatic heterocycles. The van der Waals surface area contributed by atoms with Crippen LogP contribution in [0.4, 0.5) is 8.78 Å². The smallest absolute Gasteiger partial charge is 0.387 e. The van der Waals surface area contributed by atoms with Gasteiger partial charge in [0.2, 0.25) is 0 Å². The largest absolute Gasteiger partial charge is 0.435 e. The summed E-state index contributed by atoms with van der Waals surface area (Å²) in [6.45, 7) is -2.37. The van der Waals surface area contributed by atoms with Gasteiger partial charge in [0, 0.05) is 13.1 Å². The van der Waals surface area contributed by atoms with Crippen molar-refractivity contribution in [1.82, 2.24) is 5.32 Å². The summed E-state index contributed by atoms with van der Waals surface area (Å²) in [5, 5.41) is 20.6. The number of halogens is 2. The third kappa shape index (κ3) is 5.58. The van der Waals surface area contributed by atoms with E-state index in [1.807, 2.05) is 0 Å². The van der Waals surface area contributed by atoms with Crippen molar-refractivity contribution in [1.29, 1.82) is 0 Å². The molecule has 1 unspecified atom stereocenters. The molecule has 0 spiro atoms. The Morgan fingerprint density at radius 3 is 2.41 bits per heavy atom. The molecule has 0 aliphatic carbocycles. The van der Waals surface area contributed by atoms with E-state index in [0.717, 1.165) is 5.56 Å². The van der Waals surface area contributed by atoms with Gasteiger partial charge in [-0.25, -0.2) is 0 Å². The highest BCUT2D eigenvalue weighted by molar-refractivity contribution is 5.27. The van der Waals surface area contributed by atoms with Gasteiger partial charge >= 0.3 is 6.61 Å². The van der Waals surface area contributed by atoms with Gasteiger partial charge in [-0.3, -0.25) is 0 Å². The Balaban J connectivity index is 2.35. The van der Waals surface area contributed by atoms with Crippen molar-refractivity contribution in [3.63, 3.8) is 0 Å². The van der Waals surface area contributed by atoms with Crippen molar-refractivity contribution in [2.45, 2.75) is 19.3 Å². The van der Waals surface area contributed by atoms with Crippen LogP contribution in [-0.4, -0.2) is 36.1 Å². The number of benzene rings is 1. The van der Waals surface area contributed by atoms with Gasteiger partial charge in [0.05, 0.1) is 12.7 Å². The van der Waals surface area contributed by atoms with Crippen molar-refractivity contribution in [3.8, 4) is 5.75 Å². The minimum atomic E-state index is -2.82. The van der Waals surface area contributed by atoms with Crippen molar-refractivity contribution < 1.29 is 23.7 Å². The number of hydrogen-bond acceptors (Lipinski definition) is 4. The topological polar surface area (TPSA) is 61.7 Å². The molecule has 0 saturated heterocycles. The molecular weight excluding hydrogens is 232 g/mol. The summed E-state index contributed by atoms with van der Waals surface area (Å²) in [6.07, 6.45) is -0.795. The van der Waals surface area contributed by atoms with E-state index in [9.17, 15) is 8.78 Å². The third-order valence-electron chi connectivity index (χ3n) is 2.07. The highest BCUT2D eigenvalue weighted by atomic mass is 19.3. The van der Waals surface area contributed by atoms with Crippen LogP contribution < -0.4 is 10.1 Å². The zero-order valence-electron chi connectivity index (χ0n) is 9.14. The number of ether oxygens (including phenoxy) is 1. The Bertz CT molecular complexity index is 319. The van der Waals surface area contributed by atoms with Gasteiger partial charge in [-0.1, -0.05) is 12.1 Å². The Morgan fingerprint density at radius 1 is 1.24 bits per heavy atom. The van der Waals surface area contributed by atoms with E-state index in [1.54, 1.807) is 12.1 Å². The summed E-state index contributed by atoms with van der Waals surface area (Å²) in [6, 6.07) is 6.20. The number of rotatable bonds is 7. The third-order valence-corrected chi connectivity index (χ3v) is 2.07. The molecule has 3 N–H and O–H groups in total. The van der Waals surface area contributed by atoms with Crippen LogP contribution in [0, 0.1) is 0 Å². The van der Waals surface area contributed by atoms with Crippen molar-refractivity contribution in [2.75, 3.05) is 13.2 Å². The minimum absolute atomic E-state index is 0.110. The molecule has 1 aromatic carbocycles. The number of aliphatic hydroxyl groups is 2. The Morgan fingerprint density at radius 2 is 1.88 bits per heavy atom. The minimum Gasteiger partial charge on any atom is -0.435 e. The fourth-order valence-corrected chi connectivity index (χ4v) is 1.24. The molecule has 0 fully saturated rings. The summed E-state index contributed by atoms with van der Waals surface area (Å²) >= 11 is 0. The number of alkyl halides is 2. The molecule has 0 saturated carbocycles. The van der Waals surface area contributed by atoms with Gasteiger partial charge in [0.15, 0.2) is 0 Å². The SMILES string of the molecule is OCC(O)CNCc1ccc(OC(F)F)cc1. The van der Waals surface area contributed by atoms with Crippen LogP contribution in [0.3, 0.4) is 0 Å².